The predicted molar refractivity (Wildman–Crippen MR) is 14.9 cm³/mol. The van der Waals surface area contributed by atoms with Crippen molar-refractivity contribution in [2.75, 3.05) is 0 Å². The maximum Gasteiger partial charge on any atom is 3.00 e. The van der Waals surface area contributed by atoms with E-state index in [9.17, 15) is 0 Å². The van der Waals surface area contributed by atoms with Gasteiger partial charge in [-0.2, -0.15) is 0 Å². The van der Waals surface area contributed by atoms with E-state index >= 15 is 0 Å². The minimum absolute atomic E-state index is 0. The number of hydrogen-bond donors (Lipinski definition) is 0. The first-order chi connectivity index (χ1) is 0. The summed E-state index contributed by atoms with van der Waals surface area (Å²) >= 11 is 0. The molecule has 0 unspecified atom stereocenters. The minimum atomic E-state index is 0. The van der Waals surface area contributed by atoms with E-state index in [0.29, 0.717) is 0 Å². The second-order valence-corrected chi connectivity index (χ2v) is 0. The van der Waals surface area contributed by atoms with E-state index in [-0.39, 0.29) is 173 Å². The molecule has 0 spiro atoms. The van der Waals surface area contributed by atoms with Crippen LogP contribution in [0.15, 0.2) is 0 Å². The molecule has 5 nitrogen and oxygen atoms in total. The SMILES string of the molecule is [Cd].[Cd].[In+3].[In+3].[O-2].[O-2].[O-2].[O-2].[O-2].[Zn+2].[Zn+2]. The van der Waals surface area contributed by atoms with Crippen LogP contribution in [0, 0.1) is 0 Å². The Hall–Kier alpha value is 4.63. The van der Waals surface area contributed by atoms with Gasteiger partial charge in [0.05, 0.1) is 0 Å². The fourth-order valence-corrected chi connectivity index (χ4v) is 0. The van der Waals surface area contributed by atoms with E-state index in [1.54, 1.807) is 0 Å². The van der Waals surface area contributed by atoms with Crippen LogP contribution >= 0.6 is 0 Å². The second kappa shape index (κ2) is 127. The molecule has 44 valence electrons. The molecule has 0 aliphatic carbocycles. The van der Waals surface area contributed by atoms with Crippen molar-refractivity contribution >= 4 is 51.7 Å². The molecule has 0 saturated carbocycles. The molecule has 0 atom stereocenters. The van der Waals surface area contributed by atoms with Crippen LogP contribution in [0.25, 0.3) is 0 Å². The molecule has 0 bridgehead atoms. The Morgan fingerprint density at radius 1 is 0.364 bits per heavy atom. The van der Waals surface area contributed by atoms with Crippen LogP contribution in [0.4, 0.5) is 0 Å². The van der Waals surface area contributed by atoms with Crippen LogP contribution in [0.5, 0.6) is 0 Å². The monoisotopic (exact) mass is 665 g/mol. The van der Waals surface area contributed by atoms with E-state index in [1.165, 1.54) is 0 Å². The van der Waals surface area contributed by atoms with Crippen LogP contribution in [-0.2, 0) is 121 Å². The normalized spacial score (nSPS) is 0. The van der Waals surface area contributed by atoms with Crippen molar-refractivity contribution in [1.29, 1.82) is 0 Å². The van der Waals surface area contributed by atoms with Gasteiger partial charge in [-0.15, -0.1) is 0 Å². The summed E-state index contributed by atoms with van der Waals surface area (Å²) in [5.74, 6) is 0. The summed E-state index contributed by atoms with van der Waals surface area (Å²) in [6.07, 6.45) is 0. The molecular formula is Cd2In2O5Zn2. The van der Waals surface area contributed by atoms with Crippen LogP contribution in [0.1, 0.15) is 0 Å². The van der Waals surface area contributed by atoms with Crippen molar-refractivity contribution in [3.63, 3.8) is 0 Å². The van der Waals surface area contributed by atoms with Crippen LogP contribution in [0.2, 0.25) is 0 Å². The van der Waals surface area contributed by atoms with Crippen LogP contribution in [-0.4, -0.2) is 51.7 Å². The minimum Gasteiger partial charge on any atom is -2.00 e. The third kappa shape index (κ3) is 109. The summed E-state index contributed by atoms with van der Waals surface area (Å²) in [4.78, 5) is 0. The summed E-state index contributed by atoms with van der Waals surface area (Å²) in [5, 5.41) is 0. The molecule has 0 heterocycles. The molecule has 0 aromatic heterocycles. The van der Waals surface area contributed by atoms with Crippen LogP contribution < -0.4 is 0 Å². The first-order valence-corrected chi connectivity index (χ1v) is 0. The van der Waals surface area contributed by atoms with Gasteiger partial charge in [-0.05, 0) is 0 Å². The van der Waals surface area contributed by atoms with Gasteiger partial charge in [-0.3, -0.25) is 0 Å². The summed E-state index contributed by atoms with van der Waals surface area (Å²) in [7, 11) is 0. The van der Waals surface area contributed by atoms with Crippen molar-refractivity contribution in [2.45, 2.75) is 0 Å². The molecule has 11 heteroatoms. The zero-order chi connectivity index (χ0) is 0. The van der Waals surface area contributed by atoms with Crippen molar-refractivity contribution in [3.05, 3.63) is 0 Å². The second-order valence-electron chi connectivity index (χ2n) is 0. The van der Waals surface area contributed by atoms with Crippen molar-refractivity contribution in [1.82, 2.24) is 0 Å². The smallest absolute Gasteiger partial charge is 2.00 e. The molecule has 0 fully saturated rings. The third-order valence-corrected chi connectivity index (χ3v) is 0. The maximum absolute atomic E-state index is 0. The average Bonchev–Trinajstić information content (AvgIpc) is 0. The molecular weight excluding hydrogens is 665 g/mol. The zero-order valence-corrected chi connectivity index (χ0v) is 26.6. The topological polar surface area (TPSA) is 142 Å². The van der Waals surface area contributed by atoms with Crippen molar-refractivity contribution in [3.8, 4) is 0 Å². The average molecular weight is 665 g/mol. The molecule has 0 saturated heterocycles. The molecule has 0 aliphatic rings. The molecule has 0 amide bonds. The molecule has 11 heavy (non-hydrogen) atoms. The quantitative estimate of drug-likeness (QED) is 0.282. The first-order valence-electron chi connectivity index (χ1n) is 0. The Balaban J connectivity index is 0. The first kappa shape index (κ1) is 156. The van der Waals surface area contributed by atoms with Gasteiger partial charge in [0.15, 0.2) is 0 Å². The Kier molecular flexibility index (Phi) is 1800. The molecule has 0 aromatic carbocycles. The summed E-state index contributed by atoms with van der Waals surface area (Å²) in [6.45, 7) is 0. The predicted octanol–water partition coefficient (Wildman–Crippen LogP) is -1.37. The van der Waals surface area contributed by atoms with E-state index in [2.05, 4.69) is 0 Å². The summed E-state index contributed by atoms with van der Waals surface area (Å²) in [5.41, 5.74) is 0. The standard InChI is InChI=1S/2Cd.2In.5O.2Zn/q;;2*+3;5*-2;2*+2. The van der Waals surface area contributed by atoms with Gasteiger partial charge in [0, 0.05) is 54.6 Å². The van der Waals surface area contributed by atoms with Gasteiger partial charge in [0.2, 0.25) is 0 Å². The Labute approximate surface area is 169 Å². The Morgan fingerprint density at radius 2 is 0.364 bits per heavy atom. The molecule has 0 rings (SSSR count). The number of rotatable bonds is 0. The van der Waals surface area contributed by atoms with E-state index in [0.717, 1.165) is 0 Å². The van der Waals surface area contributed by atoms with Gasteiger partial charge < -0.3 is 27.4 Å². The van der Waals surface area contributed by atoms with Crippen LogP contribution in [0.3, 0.4) is 0 Å². The fraction of sp³-hybridized carbons (Fsp3) is 0. The molecule has 0 N–H and O–H groups in total. The van der Waals surface area contributed by atoms with Crippen molar-refractivity contribution < 1.29 is 121 Å². The van der Waals surface area contributed by atoms with Gasteiger partial charge in [-0.1, -0.05) is 0 Å². The molecule has 0 aliphatic heterocycles. The van der Waals surface area contributed by atoms with E-state index < -0.39 is 0 Å². The zero-order valence-electron chi connectivity index (χ0n) is 6.02. The Morgan fingerprint density at radius 3 is 0.364 bits per heavy atom. The molecule has 0 aromatic rings. The fourth-order valence-electron chi connectivity index (χ4n) is 0. The largest absolute Gasteiger partial charge is 3.00 e. The maximum atomic E-state index is 0. The van der Waals surface area contributed by atoms with Gasteiger partial charge >= 0.3 is 90.6 Å². The number of hydrogen-bond acceptors (Lipinski definition) is 0. The van der Waals surface area contributed by atoms with Crippen molar-refractivity contribution in [2.24, 2.45) is 0 Å². The molecule has 0 radical (unpaired) electrons. The van der Waals surface area contributed by atoms with E-state index in [4.69, 9.17) is 0 Å². The van der Waals surface area contributed by atoms with Gasteiger partial charge in [-0.25, -0.2) is 0 Å². The summed E-state index contributed by atoms with van der Waals surface area (Å²) in [6, 6.07) is 0. The third-order valence-electron chi connectivity index (χ3n) is 0. The van der Waals surface area contributed by atoms with E-state index in [1.807, 2.05) is 0 Å². The Bertz CT molecular complexity index is 20.4. The van der Waals surface area contributed by atoms with Gasteiger partial charge in [0.25, 0.3) is 0 Å². The van der Waals surface area contributed by atoms with Gasteiger partial charge in [0.1, 0.15) is 0 Å². The summed E-state index contributed by atoms with van der Waals surface area (Å²) < 4.78 is 0.